The predicted octanol–water partition coefficient (Wildman–Crippen LogP) is 1.31. The number of piperidine rings is 1. The Morgan fingerprint density at radius 3 is 2.27 bits per heavy atom. The van der Waals surface area contributed by atoms with Gasteiger partial charge in [-0.25, -0.2) is 0 Å². The lowest BCUT2D eigenvalue weighted by atomic mass is 9.75. The van der Waals surface area contributed by atoms with Crippen molar-refractivity contribution < 1.29 is 4.79 Å². The van der Waals surface area contributed by atoms with Crippen LogP contribution in [-0.2, 0) is 4.79 Å². The summed E-state index contributed by atoms with van der Waals surface area (Å²) in [5.74, 6) is 0.538. The summed E-state index contributed by atoms with van der Waals surface area (Å²) >= 11 is 0. The molecule has 2 nitrogen and oxygen atoms in total. The average molecular weight is 153 g/mol. The molecule has 11 heavy (non-hydrogen) atoms. The standard InChI is InChI=1S/C9H15NO/c1-8(2)6-4-5-9(8,3)10-7(6)11/h6H,4-5H2,1-3H3,(H,10,11). The van der Waals surface area contributed by atoms with Gasteiger partial charge in [-0.1, -0.05) is 13.8 Å². The lowest BCUT2D eigenvalue weighted by molar-refractivity contribution is -0.124. The highest BCUT2D eigenvalue weighted by atomic mass is 16.2. The molecule has 2 aliphatic rings. The van der Waals surface area contributed by atoms with Crippen LogP contribution >= 0.6 is 0 Å². The second-order valence-electron chi connectivity index (χ2n) is 4.63. The monoisotopic (exact) mass is 153 g/mol. The molecule has 2 fully saturated rings. The fourth-order valence-electron chi connectivity index (χ4n) is 2.54. The molecule has 0 aromatic carbocycles. The highest BCUT2D eigenvalue weighted by molar-refractivity contribution is 5.84. The van der Waals surface area contributed by atoms with Crippen molar-refractivity contribution in [3.05, 3.63) is 0 Å². The Morgan fingerprint density at radius 1 is 1.45 bits per heavy atom. The first-order valence-electron chi connectivity index (χ1n) is 4.29. The number of rotatable bonds is 0. The van der Waals surface area contributed by atoms with E-state index in [4.69, 9.17) is 0 Å². The van der Waals surface area contributed by atoms with E-state index in [-0.39, 0.29) is 22.8 Å². The average Bonchev–Trinajstić information content (AvgIpc) is 2.13. The molecule has 2 rings (SSSR count). The molecule has 1 aliphatic heterocycles. The first-order valence-corrected chi connectivity index (χ1v) is 4.29. The molecule has 2 bridgehead atoms. The summed E-state index contributed by atoms with van der Waals surface area (Å²) in [5, 5.41) is 3.08. The lowest BCUT2D eigenvalue weighted by Crippen LogP contribution is -2.45. The van der Waals surface area contributed by atoms with Crippen molar-refractivity contribution in [1.82, 2.24) is 5.32 Å². The summed E-state index contributed by atoms with van der Waals surface area (Å²) in [6, 6.07) is 0. The largest absolute Gasteiger partial charge is 0.350 e. The first kappa shape index (κ1) is 7.14. The third-order valence-corrected chi connectivity index (χ3v) is 3.94. The second-order valence-corrected chi connectivity index (χ2v) is 4.63. The van der Waals surface area contributed by atoms with Crippen LogP contribution in [0.1, 0.15) is 33.6 Å². The molecule has 62 valence electrons. The summed E-state index contributed by atoms with van der Waals surface area (Å²) in [5.41, 5.74) is 0.249. The van der Waals surface area contributed by atoms with Crippen LogP contribution < -0.4 is 5.32 Å². The smallest absolute Gasteiger partial charge is 0.224 e. The normalized spacial score (nSPS) is 46.1. The predicted molar refractivity (Wildman–Crippen MR) is 43.1 cm³/mol. The summed E-state index contributed by atoms with van der Waals surface area (Å²) in [6.07, 6.45) is 2.23. The Morgan fingerprint density at radius 2 is 2.09 bits per heavy atom. The van der Waals surface area contributed by atoms with Crippen molar-refractivity contribution in [3.63, 3.8) is 0 Å². The molecule has 0 aromatic heterocycles. The fraction of sp³-hybridized carbons (Fsp3) is 0.889. The molecule has 1 saturated heterocycles. The van der Waals surface area contributed by atoms with Crippen LogP contribution in [-0.4, -0.2) is 11.4 Å². The Balaban J connectivity index is 2.45. The molecule has 2 atom stereocenters. The molecular weight excluding hydrogens is 138 g/mol. The number of hydrogen-bond donors (Lipinski definition) is 1. The number of carbonyl (C=O) groups excluding carboxylic acids is 1. The summed E-state index contributed by atoms with van der Waals surface area (Å²) in [6.45, 7) is 6.56. The lowest BCUT2D eigenvalue weighted by Gasteiger charge is -2.32. The van der Waals surface area contributed by atoms with Crippen LogP contribution in [0.5, 0.6) is 0 Å². The van der Waals surface area contributed by atoms with Crippen LogP contribution in [0, 0.1) is 11.3 Å². The molecule has 1 amide bonds. The van der Waals surface area contributed by atoms with Gasteiger partial charge in [-0.2, -0.15) is 0 Å². The van der Waals surface area contributed by atoms with E-state index in [2.05, 4.69) is 26.1 Å². The van der Waals surface area contributed by atoms with Crippen molar-refractivity contribution in [2.24, 2.45) is 11.3 Å². The second kappa shape index (κ2) is 1.62. The molecule has 1 heterocycles. The van der Waals surface area contributed by atoms with Crippen molar-refractivity contribution in [2.75, 3.05) is 0 Å². The van der Waals surface area contributed by atoms with Gasteiger partial charge < -0.3 is 5.32 Å². The van der Waals surface area contributed by atoms with Crippen molar-refractivity contribution in [3.8, 4) is 0 Å². The van der Waals surface area contributed by atoms with E-state index in [0.717, 1.165) is 12.8 Å². The molecule has 1 N–H and O–H groups in total. The van der Waals surface area contributed by atoms with Gasteiger partial charge in [-0.3, -0.25) is 4.79 Å². The van der Waals surface area contributed by atoms with E-state index in [0.29, 0.717) is 0 Å². The third kappa shape index (κ3) is 0.608. The summed E-state index contributed by atoms with van der Waals surface area (Å²) in [7, 11) is 0. The zero-order chi connectivity index (χ0) is 8.28. The van der Waals surface area contributed by atoms with Gasteiger partial charge >= 0.3 is 0 Å². The van der Waals surface area contributed by atoms with Crippen LogP contribution in [0.3, 0.4) is 0 Å². The van der Waals surface area contributed by atoms with Gasteiger partial charge in [0.15, 0.2) is 0 Å². The minimum Gasteiger partial charge on any atom is -0.350 e. The number of nitrogens with one attached hydrogen (secondary N) is 1. The quantitative estimate of drug-likeness (QED) is 0.558. The maximum absolute atomic E-state index is 11.3. The minimum atomic E-state index is 0.0781. The zero-order valence-corrected chi connectivity index (χ0v) is 7.40. The highest BCUT2D eigenvalue weighted by Crippen LogP contribution is 2.54. The first-order chi connectivity index (χ1) is 4.97. The van der Waals surface area contributed by atoms with Gasteiger partial charge in [0, 0.05) is 11.5 Å². The van der Waals surface area contributed by atoms with Gasteiger partial charge in [0.05, 0.1) is 0 Å². The van der Waals surface area contributed by atoms with E-state index >= 15 is 0 Å². The van der Waals surface area contributed by atoms with Crippen LogP contribution in [0.15, 0.2) is 0 Å². The van der Waals surface area contributed by atoms with Crippen LogP contribution in [0.2, 0.25) is 0 Å². The van der Waals surface area contributed by atoms with E-state index in [1.807, 2.05) is 0 Å². The van der Waals surface area contributed by atoms with Gasteiger partial charge in [-0.15, -0.1) is 0 Å². The van der Waals surface area contributed by atoms with Crippen molar-refractivity contribution >= 4 is 5.91 Å². The molecule has 1 aliphatic carbocycles. The highest BCUT2D eigenvalue weighted by Gasteiger charge is 2.60. The van der Waals surface area contributed by atoms with E-state index in [9.17, 15) is 4.79 Å². The maximum Gasteiger partial charge on any atom is 0.224 e. The Kier molecular flexibility index (Phi) is 1.05. The fourth-order valence-corrected chi connectivity index (χ4v) is 2.54. The number of amides is 1. The molecular formula is C9H15NO. The minimum absolute atomic E-state index is 0.0781. The SMILES string of the molecule is CC12CCC(C(=O)N1)C2(C)C. The molecule has 0 aromatic rings. The van der Waals surface area contributed by atoms with E-state index in [1.165, 1.54) is 0 Å². The summed E-state index contributed by atoms with van der Waals surface area (Å²) in [4.78, 5) is 11.3. The van der Waals surface area contributed by atoms with Gasteiger partial charge in [0.2, 0.25) is 5.91 Å². The zero-order valence-electron chi connectivity index (χ0n) is 7.40. The maximum atomic E-state index is 11.3. The third-order valence-electron chi connectivity index (χ3n) is 3.94. The Bertz CT molecular complexity index is 219. The van der Waals surface area contributed by atoms with Crippen LogP contribution in [0.4, 0.5) is 0 Å². The molecule has 0 radical (unpaired) electrons. The number of carbonyl (C=O) groups is 1. The topological polar surface area (TPSA) is 29.1 Å². The van der Waals surface area contributed by atoms with Gasteiger partial charge in [0.1, 0.15) is 0 Å². The van der Waals surface area contributed by atoms with Crippen LogP contribution in [0.25, 0.3) is 0 Å². The Labute approximate surface area is 67.4 Å². The number of hydrogen-bond acceptors (Lipinski definition) is 1. The Hall–Kier alpha value is -0.530. The van der Waals surface area contributed by atoms with Gasteiger partial charge in [0.25, 0.3) is 0 Å². The summed E-state index contributed by atoms with van der Waals surface area (Å²) < 4.78 is 0. The molecule has 2 unspecified atom stereocenters. The van der Waals surface area contributed by atoms with E-state index < -0.39 is 0 Å². The van der Waals surface area contributed by atoms with Gasteiger partial charge in [-0.05, 0) is 25.2 Å². The molecule has 1 saturated carbocycles. The van der Waals surface area contributed by atoms with Crippen molar-refractivity contribution in [2.45, 2.75) is 39.2 Å². The number of fused-ring (bicyclic) bond motifs is 2. The van der Waals surface area contributed by atoms with Crippen molar-refractivity contribution in [1.29, 1.82) is 0 Å². The van der Waals surface area contributed by atoms with E-state index in [1.54, 1.807) is 0 Å². The molecule has 0 spiro atoms. The molecule has 2 heteroatoms.